The van der Waals surface area contributed by atoms with Crippen LogP contribution in [0, 0.1) is 0 Å². The summed E-state index contributed by atoms with van der Waals surface area (Å²) in [7, 11) is 0. The maximum absolute atomic E-state index is 9.10. The number of aliphatic hydroxyl groups is 1. The molecule has 0 spiro atoms. The van der Waals surface area contributed by atoms with Crippen LogP contribution >= 0.6 is 0 Å². The number of aryl methyl sites for hydroxylation is 1. The molecule has 0 unspecified atom stereocenters. The minimum absolute atomic E-state index is 0. The Morgan fingerprint density at radius 1 is 1.31 bits per heavy atom. The number of aromatic nitrogens is 2. The van der Waals surface area contributed by atoms with Gasteiger partial charge in [0.25, 0.3) is 5.82 Å². The molecule has 86 valence electrons. The molecule has 16 heavy (non-hydrogen) atoms. The van der Waals surface area contributed by atoms with Crippen LogP contribution in [0.1, 0.15) is 12.2 Å². The number of hydrogen-bond donors (Lipinski definition) is 1. The van der Waals surface area contributed by atoms with Gasteiger partial charge in [0.15, 0.2) is 11.0 Å². The molecular weight excluding hydrogens is 268 g/mol. The van der Waals surface area contributed by atoms with E-state index in [9.17, 15) is 0 Å². The van der Waals surface area contributed by atoms with Crippen molar-refractivity contribution in [3.63, 3.8) is 0 Å². The normalized spacial score (nSPS) is 13.8. The average molecular weight is 283 g/mol. The molecule has 0 amide bonds. The van der Waals surface area contributed by atoms with Crippen LogP contribution in [0.4, 0.5) is 0 Å². The number of hydrogen-bond acceptors (Lipinski definition) is 1. The van der Waals surface area contributed by atoms with Gasteiger partial charge in [-0.25, -0.2) is 9.13 Å². The molecule has 0 bridgehead atoms. The highest BCUT2D eigenvalue weighted by Crippen LogP contribution is 2.18. The molecule has 2 aromatic rings. The molecule has 1 aliphatic heterocycles. The topological polar surface area (TPSA) is 29.0 Å². The zero-order valence-electron chi connectivity index (χ0n) is 9.06. The molecule has 0 fully saturated rings. The Kier molecular flexibility index (Phi) is 3.30. The average Bonchev–Trinajstić information content (AvgIpc) is 2.82. The summed E-state index contributed by atoms with van der Waals surface area (Å²) in [5.41, 5.74) is 2.56. The van der Waals surface area contributed by atoms with E-state index in [1.165, 1.54) is 23.3 Å². The summed E-state index contributed by atoms with van der Waals surface area (Å²) in [6, 6.07) is 8.44. The van der Waals surface area contributed by atoms with Crippen molar-refractivity contribution in [1.29, 1.82) is 0 Å². The van der Waals surface area contributed by atoms with Gasteiger partial charge in [-0.2, -0.15) is 0 Å². The molecule has 0 saturated carbocycles. The molecule has 3 nitrogen and oxygen atoms in total. The highest BCUT2D eigenvalue weighted by atomic mass is 79.9. The predicted octanol–water partition coefficient (Wildman–Crippen LogP) is -2.13. The third-order valence-corrected chi connectivity index (χ3v) is 3.19. The molecule has 0 saturated heterocycles. The molecule has 4 heteroatoms. The second-order valence-electron chi connectivity index (χ2n) is 4.04. The molecular formula is C12H15BrN2O. The maximum atomic E-state index is 9.10. The summed E-state index contributed by atoms with van der Waals surface area (Å²) in [4.78, 5) is 0. The van der Waals surface area contributed by atoms with Gasteiger partial charge in [-0.3, -0.25) is 0 Å². The van der Waals surface area contributed by atoms with Crippen molar-refractivity contribution < 1.29 is 26.7 Å². The fourth-order valence-corrected chi connectivity index (χ4v) is 2.61. The quantitative estimate of drug-likeness (QED) is 0.627. The lowest BCUT2D eigenvalue weighted by Gasteiger charge is -1.96. The van der Waals surface area contributed by atoms with Gasteiger partial charge in [-0.1, -0.05) is 12.1 Å². The number of rotatable bonds is 2. The molecule has 0 aliphatic carbocycles. The van der Waals surface area contributed by atoms with Crippen LogP contribution < -0.4 is 21.5 Å². The van der Waals surface area contributed by atoms with Crippen LogP contribution in [-0.2, 0) is 19.5 Å². The fourth-order valence-electron chi connectivity index (χ4n) is 2.61. The molecule has 1 aromatic carbocycles. The summed E-state index contributed by atoms with van der Waals surface area (Å²) in [5.74, 6) is 1.37. The van der Waals surface area contributed by atoms with Crippen molar-refractivity contribution in [2.24, 2.45) is 0 Å². The number of nitrogens with zero attached hydrogens (tertiary/aromatic N) is 2. The van der Waals surface area contributed by atoms with Gasteiger partial charge in [0.1, 0.15) is 6.54 Å². The molecule has 1 aliphatic rings. The third kappa shape index (κ3) is 1.57. The third-order valence-electron chi connectivity index (χ3n) is 3.19. The van der Waals surface area contributed by atoms with Crippen LogP contribution in [0.25, 0.3) is 11.0 Å². The van der Waals surface area contributed by atoms with Gasteiger partial charge in [0.2, 0.25) is 0 Å². The first-order valence-corrected chi connectivity index (χ1v) is 5.52. The van der Waals surface area contributed by atoms with Crippen LogP contribution in [0.15, 0.2) is 24.3 Å². The lowest BCUT2D eigenvalue weighted by molar-refractivity contribution is -0.665. The van der Waals surface area contributed by atoms with Gasteiger partial charge in [0.05, 0.1) is 19.6 Å². The van der Waals surface area contributed by atoms with E-state index in [2.05, 4.69) is 33.4 Å². The molecule has 2 heterocycles. The number of fused-ring (bicyclic) bond motifs is 3. The lowest BCUT2D eigenvalue weighted by atomic mass is 10.3. The number of imidazole rings is 1. The highest BCUT2D eigenvalue weighted by molar-refractivity contribution is 5.72. The molecule has 1 N–H and O–H groups in total. The van der Waals surface area contributed by atoms with Gasteiger partial charge < -0.3 is 22.1 Å². The number of benzene rings is 1. The van der Waals surface area contributed by atoms with E-state index in [1.54, 1.807) is 0 Å². The molecule has 0 radical (unpaired) electrons. The SMILES string of the molecule is OCCn1c2[n+](c3ccccc31)CCC2.[Br-]. The summed E-state index contributed by atoms with van der Waals surface area (Å²) in [6.07, 6.45) is 2.36. The van der Waals surface area contributed by atoms with E-state index in [0.29, 0.717) is 6.54 Å². The van der Waals surface area contributed by atoms with Crippen LogP contribution in [0.2, 0.25) is 0 Å². The van der Waals surface area contributed by atoms with Crippen molar-refractivity contribution in [3.8, 4) is 0 Å². The first-order chi connectivity index (χ1) is 7.42. The summed E-state index contributed by atoms with van der Waals surface area (Å²) >= 11 is 0. The van der Waals surface area contributed by atoms with Crippen molar-refractivity contribution in [2.75, 3.05) is 6.61 Å². The van der Waals surface area contributed by atoms with Crippen molar-refractivity contribution in [3.05, 3.63) is 30.1 Å². The van der Waals surface area contributed by atoms with Crippen LogP contribution in [-0.4, -0.2) is 16.3 Å². The van der Waals surface area contributed by atoms with E-state index < -0.39 is 0 Å². The smallest absolute Gasteiger partial charge is 0.257 e. The Morgan fingerprint density at radius 2 is 2.12 bits per heavy atom. The largest absolute Gasteiger partial charge is 1.00 e. The number of aliphatic hydroxyl groups excluding tert-OH is 1. The Hall–Kier alpha value is -0.870. The molecule has 3 rings (SSSR count). The van der Waals surface area contributed by atoms with Gasteiger partial charge in [-0.15, -0.1) is 0 Å². The second kappa shape index (κ2) is 4.55. The Morgan fingerprint density at radius 3 is 2.94 bits per heavy atom. The van der Waals surface area contributed by atoms with Crippen LogP contribution in [0.5, 0.6) is 0 Å². The Balaban J connectivity index is 0.000000963. The van der Waals surface area contributed by atoms with E-state index in [1.807, 2.05) is 0 Å². The minimum Gasteiger partial charge on any atom is -1.00 e. The number of halogens is 1. The van der Waals surface area contributed by atoms with E-state index in [4.69, 9.17) is 5.11 Å². The van der Waals surface area contributed by atoms with Crippen molar-refractivity contribution in [2.45, 2.75) is 25.9 Å². The van der Waals surface area contributed by atoms with Gasteiger partial charge >= 0.3 is 0 Å². The summed E-state index contributed by atoms with van der Waals surface area (Å²) < 4.78 is 4.63. The second-order valence-corrected chi connectivity index (χ2v) is 4.04. The zero-order valence-corrected chi connectivity index (χ0v) is 10.7. The standard InChI is InChI=1S/C12H15N2O.BrH/c15-9-8-14-11-5-2-1-4-10(11)13-7-3-6-12(13)14;/h1-2,4-5,15H,3,6-9H2;1H/q+1;/p-1. The predicted molar refractivity (Wildman–Crippen MR) is 57.5 cm³/mol. The Bertz CT molecular complexity index is 507. The zero-order chi connectivity index (χ0) is 10.3. The first-order valence-electron chi connectivity index (χ1n) is 5.52. The Labute approximate surface area is 105 Å². The molecule has 1 aromatic heterocycles. The number of para-hydroxylation sites is 2. The van der Waals surface area contributed by atoms with Gasteiger partial charge in [-0.05, 0) is 18.6 Å². The summed E-state index contributed by atoms with van der Waals surface area (Å²) in [6.45, 7) is 2.04. The molecule has 0 atom stereocenters. The van der Waals surface area contributed by atoms with E-state index >= 15 is 0 Å². The monoisotopic (exact) mass is 282 g/mol. The lowest BCUT2D eigenvalue weighted by Crippen LogP contribution is -3.00. The fraction of sp³-hybridized carbons (Fsp3) is 0.417. The van der Waals surface area contributed by atoms with Crippen LogP contribution in [0.3, 0.4) is 0 Å². The van der Waals surface area contributed by atoms with E-state index in [-0.39, 0.29) is 23.6 Å². The van der Waals surface area contributed by atoms with Crippen molar-refractivity contribution >= 4 is 11.0 Å². The van der Waals surface area contributed by atoms with Crippen molar-refractivity contribution in [1.82, 2.24) is 4.57 Å². The highest BCUT2D eigenvalue weighted by Gasteiger charge is 2.27. The summed E-state index contributed by atoms with van der Waals surface area (Å²) in [5, 5.41) is 9.10. The maximum Gasteiger partial charge on any atom is 0.257 e. The first kappa shape index (κ1) is 11.6. The van der Waals surface area contributed by atoms with E-state index in [0.717, 1.165) is 13.0 Å². The van der Waals surface area contributed by atoms with Gasteiger partial charge in [0, 0.05) is 0 Å². The minimum atomic E-state index is 0.